The van der Waals surface area contributed by atoms with Gasteiger partial charge in [-0.15, -0.1) is 0 Å². The van der Waals surface area contributed by atoms with Crippen molar-refractivity contribution in [3.05, 3.63) is 18.0 Å². The Balaban J connectivity index is 1.40. The molecule has 0 amide bonds. The zero-order valence-electron chi connectivity index (χ0n) is 17.1. The highest BCUT2D eigenvalue weighted by Gasteiger charge is 2.40. The van der Waals surface area contributed by atoms with Gasteiger partial charge in [-0.2, -0.15) is 0 Å². The lowest BCUT2D eigenvalue weighted by molar-refractivity contribution is 0.230. The molecule has 0 aromatic carbocycles. The van der Waals surface area contributed by atoms with E-state index >= 15 is 0 Å². The standard InChI is InChI=1S/C22H33N5/c1-17(2)6-4-10-26-11-5-7-18(14-26)19-12-23-22(24-13-19)27-20-8-9-21(27)16-25(3)15-20/h12-13,17-18,20-21H,5,7-11,14-16H2,1-3H3. The highest BCUT2D eigenvalue weighted by atomic mass is 15.4. The summed E-state index contributed by atoms with van der Waals surface area (Å²) >= 11 is 0. The van der Waals surface area contributed by atoms with Crippen molar-refractivity contribution >= 4 is 5.95 Å². The molecule has 27 heavy (non-hydrogen) atoms. The topological polar surface area (TPSA) is 35.5 Å². The number of likely N-dealkylation sites (N-methyl/N-ethyl adjacent to an activating group) is 1. The number of fused-ring (bicyclic) bond motifs is 2. The lowest BCUT2D eigenvalue weighted by atomic mass is 9.92. The Bertz CT molecular complexity index is 675. The lowest BCUT2D eigenvalue weighted by Gasteiger charge is -2.39. The highest BCUT2D eigenvalue weighted by molar-refractivity contribution is 5.38. The number of anilines is 1. The average molecular weight is 368 g/mol. The summed E-state index contributed by atoms with van der Waals surface area (Å²) < 4.78 is 0. The van der Waals surface area contributed by atoms with Crippen molar-refractivity contribution in [2.24, 2.45) is 5.92 Å². The van der Waals surface area contributed by atoms with Crippen molar-refractivity contribution in [3.63, 3.8) is 0 Å². The van der Waals surface area contributed by atoms with Gasteiger partial charge < -0.3 is 9.80 Å². The van der Waals surface area contributed by atoms with Gasteiger partial charge in [0.1, 0.15) is 0 Å². The number of hydrogen-bond acceptors (Lipinski definition) is 5. The number of likely N-dealkylation sites (tertiary alicyclic amines) is 2. The van der Waals surface area contributed by atoms with E-state index in [1.807, 2.05) is 0 Å². The molecule has 4 heterocycles. The second-order valence-corrected chi connectivity index (χ2v) is 8.88. The van der Waals surface area contributed by atoms with Gasteiger partial charge in [-0.1, -0.05) is 25.7 Å². The minimum absolute atomic E-state index is 0.455. The fourth-order valence-electron chi connectivity index (χ4n) is 4.95. The summed E-state index contributed by atoms with van der Waals surface area (Å²) in [5, 5.41) is 0. The Morgan fingerprint density at radius 2 is 1.78 bits per heavy atom. The minimum Gasteiger partial charge on any atom is -0.332 e. The SMILES string of the molecule is CC(C)C#CCN1CCCC(c2cnc(N3C4CCC3CN(C)C4)nc2)C1. The predicted molar refractivity (Wildman–Crippen MR) is 110 cm³/mol. The fourth-order valence-corrected chi connectivity index (χ4v) is 4.95. The summed E-state index contributed by atoms with van der Waals surface area (Å²) in [6.07, 6.45) is 9.20. The Hall–Kier alpha value is -1.64. The lowest BCUT2D eigenvalue weighted by Crippen LogP contribution is -2.53. The molecular weight excluding hydrogens is 334 g/mol. The van der Waals surface area contributed by atoms with Crippen molar-refractivity contribution in [3.8, 4) is 11.8 Å². The normalized spacial score (nSPS) is 29.0. The van der Waals surface area contributed by atoms with Gasteiger partial charge in [0.05, 0.1) is 6.54 Å². The van der Waals surface area contributed by atoms with Crippen LogP contribution in [0.15, 0.2) is 12.4 Å². The molecule has 0 N–H and O–H groups in total. The highest BCUT2D eigenvalue weighted by Crippen LogP contribution is 2.33. The molecular formula is C22H33N5. The predicted octanol–water partition coefficient (Wildman–Crippen LogP) is 2.60. The molecule has 1 aromatic rings. The summed E-state index contributed by atoms with van der Waals surface area (Å²) in [7, 11) is 2.23. The van der Waals surface area contributed by atoms with Crippen molar-refractivity contribution in [2.45, 2.75) is 57.5 Å². The summed E-state index contributed by atoms with van der Waals surface area (Å²) in [4.78, 5) is 17.0. The molecule has 0 aliphatic carbocycles. The van der Waals surface area contributed by atoms with Crippen LogP contribution in [-0.2, 0) is 0 Å². The quantitative estimate of drug-likeness (QED) is 0.768. The molecule has 4 rings (SSSR count). The molecule has 5 heteroatoms. The first-order valence-electron chi connectivity index (χ1n) is 10.6. The molecule has 3 aliphatic rings. The van der Waals surface area contributed by atoms with E-state index in [9.17, 15) is 0 Å². The first-order chi connectivity index (χ1) is 13.1. The summed E-state index contributed by atoms with van der Waals surface area (Å²) in [5.41, 5.74) is 1.29. The van der Waals surface area contributed by atoms with E-state index in [0.717, 1.165) is 38.7 Å². The second kappa shape index (κ2) is 8.16. The van der Waals surface area contributed by atoms with Crippen LogP contribution in [0, 0.1) is 17.8 Å². The maximum atomic E-state index is 4.80. The average Bonchev–Trinajstić information content (AvgIpc) is 2.93. The van der Waals surface area contributed by atoms with E-state index in [0.29, 0.717) is 23.9 Å². The Kier molecular flexibility index (Phi) is 5.66. The smallest absolute Gasteiger partial charge is 0.225 e. The van der Waals surface area contributed by atoms with Crippen molar-refractivity contribution in [2.75, 3.05) is 44.7 Å². The van der Waals surface area contributed by atoms with E-state index in [1.54, 1.807) is 0 Å². The van der Waals surface area contributed by atoms with Crippen molar-refractivity contribution in [1.29, 1.82) is 0 Å². The van der Waals surface area contributed by atoms with Gasteiger partial charge in [-0.25, -0.2) is 9.97 Å². The van der Waals surface area contributed by atoms with Gasteiger partial charge in [0, 0.05) is 50.0 Å². The Labute approximate surface area is 164 Å². The molecule has 146 valence electrons. The van der Waals surface area contributed by atoms with Crippen LogP contribution in [0.4, 0.5) is 5.95 Å². The minimum atomic E-state index is 0.455. The van der Waals surface area contributed by atoms with Gasteiger partial charge in [-0.3, -0.25) is 4.90 Å². The third-order valence-electron chi connectivity index (χ3n) is 6.22. The van der Waals surface area contributed by atoms with Gasteiger partial charge in [0.25, 0.3) is 0 Å². The molecule has 0 radical (unpaired) electrons. The van der Waals surface area contributed by atoms with Crippen LogP contribution >= 0.6 is 0 Å². The van der Waals surface area contributed by atoms with Crippen LogP contribution in [0.1, 0.15) is 51.0 Å². The second-order valence-electron chi connectivity index (χ2n) is 8.88. The number of rotatable bonds is 3. The van der Waals surface area contributed by atoms with Gasteiger partial charge in [0.15, 0.2) is 0 Å². The van der Waals surface area contributed by atoms with Crippen LogP contribution in [0.3, 0.4) is 0 Å². The van der Waals surface area contributed by atoms with Crippen molar-refractivity contribution in [1.82, 2.24) is 19.8 Å². The number of aromatic nitrogens is 2. The third kappa shape index (κ3) is 4.28. The van der Waals surface area contributed by atoms with E-state index in [-0.39, 0.29) is 0 Å². The Morgan fingerprint density at radius 3 is 2.44 bits per heavy atom. The number of piperazine rings is 1. The van der Waals surface area contributed by atoms with Gasteiger partial charge in [0.2, 0.25) is 5.95 Å². The largest absolute Gasteiger partial charge is 0.332 e. The maximum Gasteiger partial charge on any atom is 0.225 e. The van der Waals surface area contributed by atoms with Crippen LogP contribution in [0.5, 0.6) is 0 Å². The van der Waals surface area contributed by atoms with Crippen molar-refractivity contribution < 1.29 is 0 Å². The third-order valence-corrected chi connectivity index (χ3v) is 6.22. The van der Waals surface area contributed by atoms with Crippen LogP contribution in [0.25, 0.3) is 0 Å². The van der Waals surface area contributed by atoms with Crippen LogP contribution < -0.4 is 4.90 Å². The summed E-state index contributed by atoms with van der Waals surface area (Å²) in [6, 6.07) is 1.17. The van der Waals surface area contributed by atoms with Crippen LogP contribution in [0.2, 0.25) is 0 Å². The molecule has 3 fully saturated rings. The molecule has 0 spiro atoms. The van der Waals surface area contributed by atoms with E-state index in [1.165, 1.54) is 31.2 Å². The molecule has 3 atom stereocenters. The number of piperidine rings is 1. The number of hydrogen-bond donors (Lipinski definition) is 0. The first kappa shape index (κ1) is 18.7. The molecule has 5 nitrogen and oxygen atoms in total. The molecule has 3 unspecified atom stereocenters. The van der Waals surface area contributed by atoms with Crippen LogP contribution in [-0.4, -0.2) is 71.6 Å². The van der Waals surface area contributed by atoms with E-state index < -0.39 is 0 Å². The molecule has 3 aliphatic heterocycles. The number of nitrogens with zero attached hydrogens (tertiary/aromatic N) is 5. The zero-order chi connectivity index (χ0) is 18.8. The van der Waals surface area contributed by atoms with E-state index in [2.05, 4.69) is 59.8 Å². The van der Waals surface area contributed by atoms with Gasteiger partial charge in [-0.05, 0) is 50.8 Å². The monoisotopic (exact) mass is 367 g/mol. The molecule has 0 saturated carbocycles. The maximum absolute atomic E-state index is 4.80. The zero-order valence-corrected chi connectivity index (χ0v) is 17.1. The first-order valence-corrected chi connectivity index (χ1v) is 10.6. The summed E-state index contributed by atoms with van der Waals surface area (Å²) in [6.45, 7) is 9.70. The molecule has 1 aromatic heterocycles. The Morgan fingerprint density at radius 1 is 1.07 bits per heavy atom. The van der Waals surface area contributed by atoms with Gasteiger partial charge >= 0.3 is 0 Å². The summed E-state index contributed by atoms with van der Waals surface area (Å²) in [5.74, 6) is 8.55. The fraction of sp³-hybridized carbons (Fsp3) is 0.727. The molecule has 2 bridgehead atoms. The van der Waals surface area contributed by atoms with E-state index in [4.69, 9.17) is 9.97 Å². The molecule has 3 saturated heterocycles.